The van der Waals surface area contributed by atoms with Crippen LogP contribution in [-0.2, 0) is 28.2 Å². The van der Waals surface area contributed by atoms with Crippen LogP contribution < -0.4 is 65.8 Å². The first-order valence-electron chi connectivity index (χ1n) is 18.8. The molecule has 0 spiro atoms. The highest BCUT2D eigenvalue weighted by atomic mass is 35.5. The molecule has 22 nitrogen and oxygen atoms in total. The third-order valence-corrected chi connectivity index (χ3v) is 10.5. The van der Waals surface area contributed by atoms with Gasteiger partial charge in [-0.25, -0.2) is 18.3 Å². The number of aromatic nitrogens is 10. The second-order valence-corrected chi connectivity index (χ2v) is 15.5. The monoisotopic (exact) mass is 926 g/mol. The molecule has 0 aliphatic heterocycles. The van der Waals surface area contributed by atoms with Gasteiger partial charge in [0.05, 0.1) is 66.2 Å². The number of aliphatic hydroxyl groups excluding tert-OH is 2. The van der Waals surface area contributed by atoms with Crippen LogP contribution in [0.5, 0.6) is 0 Å². The Morgan fingerprint density at radius 1 is 0.516 bits per heavy atom. The highest BCUT2D eigenvalue weighted by Gasteiger charge is 2.13. The van der Waals surface area contributed by atoms with E-state index in [1.165, 1.54) is 0 Å². The summed E-state index contributed by atoms with van der Waals surface area (Å²) in [5.74, 6) is 5.12. The molecule has 0 saturated carbocycles. The average molecular weight is 928 g/mol. The molecule has 0 fully saturated rings. The summed E-state index contributed by atoms with van der Waals surface area (Å²) in [4.78, 5) is 26.9. The molecule has 0 amide bonds. The second-order valence-electron chi connectivity index (χ2n) is 12.8. The lowest BCUT2D eigenvalue weighted by atomic mass is 10.3. The third-order valence-electron chi connectivity index (χ3n) is 8.13. The molecule has 6 aromatic rings. The van der Waals surface area contributed by atoms with E-state index < -0.39 is 0 Å². The summed E-state index contributed by atoms with van der Waals surface area (Å²) in [5, 5.41) is 55.0. The number of anilines is 8. The quantitative estimate of drug-likeness (QED) is 0.0156. The van der Waals surface area contributed by atoms with E-state index in [1.54, 1.807) is 21.6 Å². The van der Waals surface area contributed by atoms with Gasteiger partial charge in [0.25, 0.3) is 0 Å². The summed E-state index contributed by atoms with van der Waals surface area (Å²) in [6.45, 7) is 1.66. The number of halogens is 2. The fourth-order valence-corrected chi connectivity index (χ4v) is 6.99. The van der Waals surface area contributed by atoms with Gasteiger partial charge in [0.2, 0.25) is 35.7 Å². The molecule has 62 heavy (non-hydrogen) atoms. The van der Waals surface area contributed by atoms with Crippen molar-refractivity contribution in [1.82, 2.24) is 39.0 Å². The molecule has 2 aromatic carbocycles. The number of nitrogens with zero attached hydrogens (tertiary/aromatic N) is 14. The van der Waals surface area contributed by atoms with Crippen LogP contribution in [0.1, 0.15) is 0 Å². The smallest absolute Gasteiger partial charge is 0.421 e. The predicted octanol–water partition coefficient (Wildman–Crippen LogP) is -1.58. The maximum Gasteiger partial charge on any atom is 0.421 e. The van der Waals surface area contributed by atoms with Gasteiger partial charge in [-0.15, -0.1) is 0 Å². The van der Waals surface area contributed by atoms with Crippen molar-refractivity contribution in [3.05, 3.63) is 73.3 Å². The molecule has 4 aromatic heterocycles. The minimum absolute atomic E-state index is 0. The minimum Gasteiger partial charge on any atom is -1.00 e. The van der Waals surface area contributed by atoms with Crippen molar-refractivity contribution in [3.8, 4) is 0 Å². The van der Waals surface area contributed by atoms with E-state index in [1.807, 2.05) is 120 Å². The fraction of sp³-hybridized carbons (Fsp3) is 0.333. The van der Waals surface area contributed by atoms with E-state index in [0.717, 1.165) is 34.8 Å². The number of benzene rings is 2. The highest BCUT2D eigenvalue weighted by molar-refractivity contribution is 8.76. The first kappa shape index (κ1) is 48.7. The number of hydrogen-bond acceptors (Lipinski definition) is 20. The van der Waals surface area contributed by atoms with Gasteiger partial charge < -0.3 is 66.9 Å². The number of hydrogen-bond donors (Lipinski definition) is 8. The SMILES string of the molecule is Cn1cc[n+](C)c1N=Nc1ccc(Nc2nc(NCCO)nc(NCCSSCCNc3nc(NCCO)nc(Nc4ccc(N=Nc5n(C)cc[n+]5C)cc4)n3)n2)cc1.[Cl-].[Cl-]. The van der Waals surface area contributed by atoms with Crippen LogP contribution in [0, 0.1) is 0 Å². The molecule has 0 saturated heterocycles. The minimum atomic E-state index is -0.0673. The summed E-state index contributed by atoms with van der Waals surface area (Å²) in [6, 6.07) is 14.9. The van der Waals surface area contributed by atoms with Crippen LogP contribution in [0.15, 0.2) is 93.8 Å². The molecular weight excluding hydrogens is 880 g/mol. The number of aliphatic hydroxyl groups is 2. The molecule has 0 aliphatic rings. The molecule has 8 N–H and O–H groups in total. The normalized spacial score (nSPS) is 11.0. The summed E-state index contributed by atoms with van der Waals surface area (Å²) in [5.41, 5.74) is 2.91. The maximum atomic E-state index is 9.33. The van der Waals surface area contributed by atoms with Gasteiger partial charge in [-0.2, -0.15) is 29.9 Å². The van der Waals surface area contributed by atoms with Gasteiger partial charge in [0, 0.05) is 59.3 Å². The molecule has 330 valence electrons. The van der Waals surface area contributed by atoms with E-state index in [9.17, 15) is 10.2 Å². The summed E-state index contributed by atoms with van der Waals surface area (Å²) in [6.07, 6.45) is 7.65. The van der Waals surface area contributed by atoms with Crippen LogP contribution in [0.3, 0.4) is 0 Å². The second kappa shape index (κ2) is 25.1. The third kappa shape index (κ3) is 14.9. The summed E-state index contributed by atoms with van der Waals surface area (Å²) >= 11 is 0. The lowest BCUT2D eigenvalue weighted by Crippen LogP contribution is -3.00. The van der Waals surface area contributed by atoms with Gasteiger partial charge in [-0.05, 0) is 48.5 Å². The summed E-state index contributed by atoms with van der Waals surface area (Å²) in [7, 11) is 11.1. The van der Waals surface area contributed by atoms with E-state index in [2.05, 4.69) is 82.3 Å². The Morgan fingerprint density at radius 3 is 1.18 bits per heavy atom. The molecule has 0 bridgehead atoms. The Kier molecular flexibility index (Phi) is 19.7. The van der Waals surface area contributed by atoms with E-state index in [-0.39, 0.29) is 38.0 Å². The first-order chi connectivity index (χ1) is 29.3. The van der Waals surface area contributed by atoms with Gasteiger partial charge in [0.15, 0.2) is 0 Å². The first-order valence-corrected chi connectivity index (χ1v) is 21.3. The number of rotatable bonds is 23. The lowest BCUT2D eigenvalue weighted by molar-refractivity contribution is -0.657. The maximum absolute atomic E-state index is 9.33. The molecular formula is C36H48Cl2N20O2S2. The van der Waals surface area contributed by atoms with Crippen molar-refractivity contribution in [2.45, 2.75) is 0 Å². The van der Waals surface area contributed by atoms with E-state index >= 15 is 0 Å². The van der Waals surface area contributed by atoms with Gasteiger partial charge in [0.1, 0.15) is 11.4 Å². The van der Waals surface area contributed by atoms with Crippen LogP contribution in [0.2, 0.25) is 0 Å². The highest BCUT2D eigenvalue weighted by Crippen LogP contribution is 2.24. The van der Waals surface area contributed by atoms with Crippen molar-refractivity contribution in [3.63, 3.8) is 0 Å². The summed E-state index contributed by atoms with van der Waals surface area (Å²) < 4.78 is 7.55. The molecule has 26 heteroatoms. The van der Waals surface area contributed by atoms with E-state index in [4.69, 9.17) is 0 Å². The lowest BCUT2D eigenvalue weighted by Gasteiger charge is -2.11. The van der Waals surface area contributed by atoms with Gasteiger partial charge >= 0.3 is 11.9 Å². The van der Waals surface area contributed by atoms with Crippen LogP contribution in [0.25, 0.3) is 0 Å². The van der Waals surface area contributed by atoms with Crippen molar-refractivity contribution < 1.29 is 44.2 Å². The molecule has 0 radical (unpaired) electrons. The zero-order valence-electron chi connectivity index (χ0n) is 34.3. The zero-order valence-corrected chi connectivity index (χ0v) is 37.5. The Balaban J connectivity index is 0.00000422. The van der Waals surface area contributed by atoms with Gasteiger partial charge in [-0.3, -0.25) is 0 Å². The molecule has 6 rings (SSSR count). The number of aryl methyl sites for hydroxylation is 4. The van der Waals surface area contributed by atoms with Crippen molar-refractivity contribution in [1.29, 1.82) is 0 Å². The van der Waals surface area contributed by atoms with Crippen LogP contribution in [-0.4, -0.2) is 100 Å². The van der Waals surface area contributed by atoms with Crippen molar-refractivity contribution in [2.75, 3.05) is 82.8 Å². The zero-order chi connectivity index (χ0) is 42.1. The largest absolute Gasteiger partial charge is 1.00 e. The Labute approximate surface area is 378 Å². The molecule has 4 heterocycles. The Morgan fingerprint density at radius 2 is 0.855 bits per heavy atom. The number of imidazole rings is 2. The molecule has 0 atom stereocenters. The standard InChI is InChI=1S/C36H46N20O2S2.2ClH/c1-53-17-18-54(2)35(53)51-49-27-9-5-25(6-10-27)41-33-45-29(37-13-21-57)43-31(47-33)39-15-23-59-60-24-16-40-32-44-30(38-14-22-58)46-34(48-32)42-26-7-11-28(12-8-26)50-52-36-55(3)19-20-56(36)4;;/h5-12,17-20,57-58H,13-16,21-24H2,1-4H3,(H4,37,38,39,40,43,44,45,46,47,48);2*1H. The van der Waals surface area contributed by atoms with Crippen molar-refractivity contribution in [2.24, 2.45) is 48.6 Å². The van der Waals surface area contributed by atoms with Crippen LogP contribution >= 0.6 is 21.6 Å². The Bertz CT molecular complexity index is 2150. The average Bonchev–Trinajstić information content (AvgIpc) is 3.75. The van der Waals surface area contributed by atoms with E-state index in [0.29, 0.717) is 73.2 Å². The predicted molar refractivity (Wildman–Crippen MR) is 234 cm³/mol. The topological polar surface area (TPSA) is 257 Å². The Hall–Kier alpha value is -5.92. The molecule has 0 unspecified atom stereocenters. The number of nitrogens with one attached hydrogen (secondary N) is 6. The molecule has 0 aliphatic carbocycles. The fourth-order valence-electron chi connectivity index (χ4n) is 5.17. The van der Waals surface area contributed by atoms with Gasteiger partial charge in [-0.1, -0.05) is 31.8 Å². The van der Waals surface area contributed by atoms with Crippen molar-refractivity contribution >= 4 is 91.9 Å². The number of azo groups is 2. The van der Waals surface area contributed by atoms with Crippen LogP contribution in [0.4, 0.5) is 70.3 Å².